The number of ether oxygens (including phenoxy) is 1. The molecule has 98 valence electrons. The van der Waals surface area contributed by atoms with Crippen molar-refractivity contribution in [1.29, 1.82) is 0 Å². The van der Waals surface area contributed by atoms with Crippen LogP contribution in [0.2, 0.25) is 0 Å². The Labute approximate surface area is 96.4 Å². The summed E-state index contributed by atoms with van der Waals surface area (Å²) < 4.78 is 39.1. The van der Waals surface area contributed by atoms with Gasteiger partial charge in [-0.1, -0.05) is 40.5 Å². The molecule has 0 fully saturated rings. The first-order valence-corrected chi connectivity index (χ1v) is 5.96. The Morgan fingerprint density at radius 3 is 2.12 bits per heavy atom. The fourth-order valence-corrected chi connectivity index (χ4v) is 1.93. The number of hydrogen-bond acceptors (Lipinski definition) is 1. The molecule has 0 rings (SSSR count). The Kier molecular flexibility index (Phi) is 6.38. The molecule has 2 atom stereocenters. The molecule has 0 aromatic rings. The van der Waals surface area contributed by atoms with Gasteiger partial charge < -0.3 is 0 Å². The van der Waals surface area contributed by atoms with Gasteiger partial charge in [-0.3, -0.25) is 4.74 Å². The Morgan fingerprint density at radius 2 is 1.75 bits per heavy atom. The summed E-state index contributed by atoms with van der Waals surface area (Å²) >= 11 is 0. The van der Waals surface area contributed by atoms with Crippen LogP contribution < -0.4 is 0 Å². The summed E-state index contributed by atoms with van der Waals surface area (Å²) in [4.78, 5) is 0. The molecule has 0 aliphatic heterocycles. The van der Waals surface area contributed by atoms with Crippen LogP contribution in [-0.4, -0.2) is 13.0 Å². The Morgan fingerprint density at radius 1 is 1.19 bits per heavy atom. The highest BCUT2D eigenvalue weighted by Gasteiger charge is 2.30. The van der Waals surface area contributed by atoms with Gasteiger partial charge in [0, 0.05) is 0 Å². The van der Waals surface area contributed by atoms with E-state index in [2.05, 4.69) is 32.4 Å². The minimum absolute atomic E-state index is 0.129. The van der Waals surface area contributed by atoms with E-state index in [1.165, 1.54) is 0 Å². The molecule has 0 N–H and O–H groups in total. The van der Waals surface area contributed by atoms with Crippen LogP contribution in [0.4, 0.5) is 13.2 Å². The van der Waals surface area contributed by atoms with Crippen molar-refractivity contribution < 1.29 is 17.9 Å². The van der Waals surface area contributed by atoms with Crippen LogP contribution >= 0.6 is 0 Å². The van der Waals surface area contributed by atoms with E-state index in [-0.39, 0.29) is 12.0 Å². The standard InChI is InChI=1S/C12H23F3O/c1-5-10(3)11(4,6-2)8-7-9-16-12(13,14)15/h10H,5-9H2,1-4H3/t10-,11-/m0/s1. The molecular weight excluding hydrogens is 217 g/mol. The monoisotopic (exact) mass is 240 g/mol. The molecule has 4 heteroatoms. The van der Waals surface area contributed by atoms with Crippen molar-refractivity contribution in [3.63, 3.8) is 0 Å². The van der Waals surface area contributed by atoms with Crippen molar-refractivity contribution in [2.45, 2.75) is 59.7 Å². The summed E-state index contributed by atoms with van der Waals surface area (Å²) in [6.07, 6.45) is -1.18. The van der Waals surface area contributed by atoms with E-state index in [0.29, 0.717) is 12.3 Å². The fourth-order valence-electron chi connectivity index (χ4n) is 1.93. The highest BCUT2D eigenvalue weighted by Crippen LogP contribution is 2.37. The molecule has 0 spiro atoms. The van der Waals surface area contributed by atoms with Gasteiger partial charge in [0.25, 0.3) is 0 Å². The molecule has 0 radical (unpaired) electrons. The quantitative estimate of drug-likeness (QED) is 0.583. The number of alkyl halides is 3. The summed E-state index contributed by atoms with van der Waals surface area (Å²) in [6.45, 7) is 8.29. The molecule has 0 amide bonds. The zero-order chi connectivity index (χ0) is 12.8. The number of halogens is 3. The first-order valence-electron chi connectivity index (χ1n) is 5.96. The van der Waals surface area contributed by atoms with Gasteiger partial charge in [0.05, 0.1) is 6.61 Å². The lowest BCUT2D eigenvalue weighted by atomic mass is 9.71. The normalized spacial score (nSPS) is 18.2. The topological polar surface area (TPSA) is 9.23 Å². The van der Waals surface area contributed by atoms with Crippen molar-refractivity contribution in [3.8, 4) is 0 Å². The van der Waals surface area contributed by atoms with E-state index in [1.54, 1.807) is 0 Å². The summed E-state index contributed by atoms with van der Waals surface area (Å²) in [5.41, 5.74) is 0.129. The van der Waals surface area contributed by atoms with Crippen LogP contribution in [0.25, 0.3) is 0 Å². The van der Waals surface area contributed by atoms with E-state index < -0.39 is 6.36 Å². The van der Waals surface area contributed by atoms with Crippen LogP contribution in [-0.2, 0) is 4.74 Å². The highest BCUT2D eigenvalue weighted by molar-refractivity contribution is 4.77. The van der Waals surface area contributed by atoms with E-state index in [1.807, 2.05) is 0 Å². The van der Waals surface area contributed by atoms with Crippen molar-refractivity contribution in [1.82, 2.24) is 0 Å². The van der Waals surface area contributed by atoms with Gasteiger partial charge in [0.15, 0.2) is 0 Å². The molecule has 0 aromatic heterocycles. The van der Waals surface area contributed by atoms with Gasteiger partial charge in [0.1, 0.15) is 0 Å². The van der Waals surface area contributed by atoms with E-state index in [4.69, 9.17) is 0 Å². The number of hydrogen-bond donors (Lipinski definition) is 0. The third kappa shape index (κ3) is 5.73. The molecule has 0 saturated carbocycles. The highest BCUT2D eigenvalue weighted by atomic mass is 19.4. The Balaban J connectivity index is 3.97. The van der Waals surface area contributed by atoms with Gasteiger partial charge >= 0.3 is 6.36 Å². The molecule has 0 unspecified atom stereocenters. The molecular formula is C12H23F3O. The van der Waals surface area contributed by atoms with Crippen molar-refractivity contribution in [2.24, 2.45) is 11.3 Å². The smallest absolute Gasteiger partial charge is 0.292 e. The molecule has 16 heavy (non-hydrogen) atoms. The zero-order valence-corrected chi connectivity index (χ0v) is 10.7. The predicted octanol–water partition coefficient (Wildman–Crippen LogP) is 4.77. The third-order valence-electron chi connectivity index (χ3n) is 3.77. The summed E-state index contributed by atoms with van der Waals surface area (Å²) in [5.74, 6) is 0.531. The second-order valence-electron chi connectivity index (χ2n) is 4.71. The van der Waals surface area contributed by atoms with Gasteiger partial charge in [-0.05, 0) is 24.2 Å². The Bertz CT molecular complexity index is 191. The predicted molar refractivity (Wildman–Crippen MR) is 59.1 cm³/mol. The van der Waals surface area contributed by atoms with Crippen LogP contribution in [0.1, 0.15) is 53.4 Å². The van der Waals surface area contributed by atoms with Crippen LogP contribution in [0.3, 0.4) is 0 Å². The average Bonchev–Trinajstić information content (AvgIpc) is 2.21. The van der Waals surface area contributed by atoms with Gasteiger partial charge in [0.2, 0.25) is 0 Å². The van der Waals surface area contributed by atoms with Crippen LogP contribution in [0, 0.1) is 11.3 Å². The second kappa shape index (κ2) is 6.48. The maximum atomic E-state index is 11.8. The first-order chi connectivity index (χ1) is 7.25. The van der Waals surface area contributed by atoms with E-state index in [0.717, 1.165) is 19.3 Å². The lowest BCUT2D eigenvalue weighted by Crippen LogP contribution is -2.25. The van der Waals surface area contributed by atoms with Crippen LogP contribution in [0.5, 0.6) is 0 Å². The maximum Gasteiger partial charge on any atom is 0.522 e. The molecule has 0 bridgehead atoms. The SMILES string of the molecule is CC[C@H](C)[C@@](C)(CC)CCCOC(F)(F)F. The van der Waals surface area contributed by atoms with Crippen LogP contribution in [0.15, 0.2) is 0 Å². The Hall–Kier alpha value is -0.250. The van der Waals surface area contributed by atoms with Gasteiger partial charge in [-0.25, -0.2) is 0 Å². The summed E-state index contributed by atoms with van der Waals surface area (Å²) in [7, 11) is 0. The van der Waals surface area contributed by atoms with Crippen molar-refractivity contribution in [3.05, 3.63) is 0 Å². The average molecular weight is 240 g/mol. The maximum absolute atomic E-state index is 11.8. The van der Waals surface area contributed by atoms with E-state index in [9.17, 15) is 13.2 Å². The van der Waals surface area contributed by atoms with Crippen molar-refractivity contribution in [2.75, 3.05) is 6.61 Å². The minimum Gasteiger partial charge on any atom is -0.292 e. The summed E-state index contributed by atoms with van der Waals surface area (Å²) in [6, 6.07) is 0. The lowest BCUT2D eigenvalue weighted by Gasteiger charge is -2.34. The largest absolute Gasteiger partial charge is 0.522 e. The zero-order valence-electron chi connectivity index (χ0n) is 10.7. The summed E-state index contributed by atoms with van der Waals surface area (Å²) in [5, 5.41) is 0. The van der Waals surface area contributed by atoms with E-state index >= 15 is 0 Å². The minimum atomic E-state index is -4.49. The number of rotatable bonds is 7. The molecule has 0 heterocycles. The molecule has 0 saturated heterocycles. The molecule has 1 nitrogen and oxygen atoms in total. The van der Waals surface area contributed by atoms with Crippen molar-refractivity contribution >= 4 is 0 Å². The molecule has 0 aliphatic carbocycles. The fraction of sp³-hybridized carbons (Fsp3) is 1.00. The molecule has 0 aromatic carbocycles. The lowest BCUT2D eigenvalue weighted by molar-refractivity contribution is -0.325. The third-order valence-corrected chi connectivity index (χ3v) is 3.77. The van der Waals surface area contributed by atoms with Gasteiger partial charge in [-0.15, -0.1) is 13.2 Å². The second-order valence-corrected chi connectivity index (χ2v) is 4.71. The first kappa shape index (κ1) is 15.8. The van der Waals surface area contributed by atoms with Gasteiger partial charge in [-0.2, -0.15) is 0 Å². The molecule has 0 aliphatic rings.